The molecule has 1 atom stereocenters. The number of rotatable bonds is 6. The summed E-state index contributed by atoms with van der Waals surface area (Å²) >= 11 is 14.8. The maximum absolute atomic E-state index is 13.5. The minimum absolute atomic E-state index is 0.0795. The Kier molecular flexibility index (Phi) is 7.05. The van der Waals surface area contributed by atoms with Crippen LogP contribution in [-0.4, -0.2) is 41.4 Å². The van der Waals surface area contributed by atoms with E-state index in [1.807, 2.05) is 12.1 Å². The van der Waals surface area contributed by atoms with Gasteiger partial charge in [0, 0.05) is 34.4 Å². The minimum atomic E-state index is -0.973. The van der Waals surface area contributed by atoms with E-state index in [0.29, 0.717) is 42.7 Å². The SMILES string of the molecule is Cc1nc2ccccn2c1/C(O)=C1\C(=O)C(=O)N(c2nnc(SCc3ccc(Cl)cc3Cl)s2)C1c1cccnc1. The average Bonchev–Trinajstić information content (AvgIpc) is 3.62. The summed E-state index contributed by atoms with van der Waals surface area (Å²) in [6.45, 7) is 1.73. The lowest BCUT2D eigenvalue weighted by atomic mass is 9.97. The highest BCUT2D eigenvalue weighted by molar-refractivity contribution is 8.00. The summed E-state index contributed by atoms with van der Waals surface area (Å²) in [7, 11) is 0. The number of aliphatic hydroxyl groups is 1. The summed E-state index contributed by atoms with van der Waals surface area (Å²) in [5.74, 6) is -1.49. The summed E-state index contributed by atoms with van der Waals surface area (Å²) < 4.78 is 2.26. The first-order valence-corrected chi connectivity index (χ1v) is 14.4. The van der Waals surface area contributed by atoms with Crippen LogP contribution in [0, 0.1) is 6.92 Å². The zero-order valence-corrected chi connectivity index (χ0v) is 23.8. The fraction of sp³-hybridized carbons (Fsp3) is 0.111. The van der Waals surface area contributed by atoms with E-state index in [-0.39, 0.29) is 16.5 Å². The lowest BCUT2D eigenvalue weighted by Crippen LogP contribution is -2.29. The van der Waals surface area contributed by atoms with Crippen molar-refractivity contribution in [1.82, 2.24) is 24.6 Å². The van der Waals surface area contributed by atoms with Crippen LogP contribution in [0.3, 0.4) is 0 Å². The second-order valence-corrected chi connectivity index (χ2v) is 11.8. The van der Waals surface area contributed by atoms with E-state index >= 15 is 0 Å². The van der Waals surface area contributed by atoms with E-state index in [1.165, 1.54) is 16.7 Å². The van der Waals surface area contributed by atoms with Crippen LogP contribution in [-0.2, 0) is 15.3 Å². The van der Waals surface area contributed by atoms with E-state index in [4.69, 9.17) is 23.2 Å². The molecule has 13 heteroatoms. The molecule has 200 valence electrons. The zero-order valence-electron chi connectivity index (χ0n) is 20.7. The van der Waals surface area contributed by atoms with Crippen LogP contribution in [0.5, 0.6) is 0 Å². The van der Waals surface area contributed by atoms with Gasteiger partial charge in [-0.3, -0.25) is 23.9 Å². The number of nitrogens with zero attached hydrogens (tertiary/aromatic N) is 6. The number of thioether (sulfide) groups is 1. The number of aryl methyl sites for hydroxylation is 1. The molecule has 9 nitrogen and oxygen atoms in total. The highest BCUT2D eigenvalue weighted by Gasteiger charge is 2.49. The molecule has 1 aliphatic rings. The maximum Gasteiger partial charge on any atom is 0.301 e. The number of Topliss-reactive ketones (excluding diaryl/α,β-unsaturated/α-hetero) is 1. The first-order valence-electron chi connectivity index (χ1n) is 11.9. The van der Waals surface area contributed by atoms with Gasteiger partial charge in [0.2, 0.25) is 5.13 Å². The fourth-order valence-electron chi connectivity index (χ4n) is 4.55. The molecule has 0 radical (unpaired) electrons. The van der Waals surface area contributed by atoms with Crippen molar-refractivity contribution in [2.24, 2.45) is 0 Å². The molecular weight excluding hydrogens is 591 g/mol. The van der Waals surface area contributed by atoms with E-state index in [0.717, 1.165) is 16.9 Å². The van der Waals surface area contributed by atoms with Crippen molar-refractivity contribution in [1.29, 1.82) is 0 Å². The van der Waals surface area contributed by atoms with Crippen LogP contribution in [0.4, 0.5) is 5.13 Å². The van der Waals surface area contributed by atoms with Crippen molar-refractivity contribution in [2.45, 2.75) is 23.1 Å². The van der Waals surface area contributed by atoms with Crippen LogP contribution < -0.4 is 4.90 Å². The first-order chi connectivity index (χ1) is 19.3. The lowest BCUT2D eigenvalue weighted by molar-refractivity contribution is -0.132. The molecule has 4 aromatic heterocycles. The number of imidazole rings is 1. The topological polar surface area (TPSA) is 114 Å². The number of aromatic nitrogens is 5. The summed E-state index contributed by atoms with van der Waals surface area (Å²) in [5.41, 5.74) is 2.76. The van der Waals surface area contributed by atoms with Gasteiger partial charge in [-0.25, -0.2) is 4.98 Å². The standard InChI is InChI=1S/C27H18Cl2N6O3S2/c1-14-21(34-10-3-2-6-19(34)31-14)23(36)20-22(15-5-4-9-30-12-15)35(25(38)24(20)37)26-32-33-27(40-26)39-13-16-7-8-17(28)11-18(16)29/h2-12,22,36H,13H2,1H3/b23-20+. The average molecular weight is 610 g/mol. The lowest BCUT2D eigenvalue weighted by Gasteiger charge is -2.22. The van der Waals surface area contributed by atoms with Crippen molar-refractivity contribution in [3.63, 3.8) is 0 Å². The number of benzene rings is 1. The summed E-state index contributed by atoms with van der Waals surface area (Å²) in [6.07, 6.45) is 4.88. The Labute approximate surface area is 246 Å². The number of aliphatic hydroxyl groups excluding tert-OH is 1. The number of halogens is 2. The van der Waals surface area contributed by atoms with Crippen LogP contribution in [0.1, 0.15) is 28.6 Å². The second-order valence-electron chi connectivity index (χ2n) is 8.81. The van der Waals surface area contributed by atoms with E-state index in [2.05, 4.69) is 20.2 Å². The van der Waals surface area contributed by atoms with Gasteiger partial charge in [-0.1, -0.05) is 64.5 Å². The number of fused-ring (bicyclic) bond motifs is 1. The molecule has 1 fully saturated rings. The first kappa shape index (κ1) is 26.5. The molecule has 0 saturated carbocycles. The van der Waals surface area contributed by atoms with Gasteiger partial charge in [0.15, 0.2) is 10.1 Å². The van der Waals surface area contributed by atoms with Crippen molar-refractivity contribution in [3.8, 4) is 0 Å². The molecular formula is C27H18Cl2N6O3S2. The predicted molar refractivity (Wildman–Crippen MR) is 155 cm³/mol. The van der Waals surface area contributed by atoms with Gasteiger partial charge in [0.05, 0.1) is 17.3 Å². The third-order valence-corrected chi connectivity index (χ3v) is 9.03. The van der Waals surface area contributed by atoms with Crippen molar-refractivity contribution >= 4 is 74.5 Å². The molecule has 0 spiro atoms. The van der Waals surface area contributed by atoms with Crippen LogP contribution in [0.15, 0.2) is 77.0 Å². The Bertz CT molecular complexity index is 1820. The Balaban J connectivity index is 1.41. The zero-order chi connectivity index (χ0) is 28.0. The van der Waals surface area contributed by atoms with Crippen LogP contribution >= 0.6 is 46.3 Å². The number of anilines is 1. The molecule has 0 bridgehead atoms. The highest BCUT2D eigenvalue weighted by Crippen LogP contribution is 2.44. The van der Waals surface area contributed by atoms with Gasteiger partial charge in [0.25, 0.3) is 5.78 Å². The third kappa shape index (κ3) is 4.64. The monoisotopic (exact) mass is 608 g/mol. The number of pyridine rings is 2. The molecule has 1 saturated heterocycles. The normalized spacial score (nSPS) is 16.8. The number of amides is 1. The fourth-order valence-corrected chi connectivity index (χ4v) is 6.97. The van der Waals surface area contributed by atoms with Gasteiger partial charge in [-0.15, -0.1) is 10.2 Å². The van der Waals surface area contributed by atoms with E-state index in [1.54, 1.807) is 66.3 Å². The van der Waals surface area contributed by atoms with Crippen molar-refractivity contribution < 1.29 is 14.7 Å². The van der Waals surface area contributed by atoms with E-state index in [9.17, 15) is 14.7 Å². The van der Waals surface area contributed by atoms with Crippen molar-refractivity contribution in [2.75, 3.05) is 4.90 Å². The minimum Gasteiger partial charge on any atom is -0.505 e. The summed E-state index contributed by atoms with van der Waals surface area (Å²) in [6, 6.07) is 13.1. The largest absolute Gasteiger partial charge is 0.505 e. The highest BCUT2D eigenvalue weighted by atomic mass is 35.5. The molecule has 5 aromatic rings. The van der Waals surface area contributed by atoms with Gasteiger partial charge in [-0.05, 0) is 48.4 Å². The summed E-state index contributed by atoms with van der Waals surface area (Å²) in [4.78, 5) is 36.9. The van der Waals surface area contributed by atoms with E-state index < -0.39 is 17.7 Å². The number of carbonyl (C=O) groups excluding carboxylic acids is 2. The number of hydrogen-bond acceptors (Lipinski definition) is 9. The predicted octanol–water partition coefficient (Wildman–Crippen LogP) is 6.11. The van der Waals surface area contributed by atoms with Crippen LogP contribution in [0.25, 0.3) is 11.4 Å². The molecule has 40 heavy (non-hydrogen) atoms. The van der Waals surface area contributed by atoms with Crippen molar-refractivity contribution in [3.05, 3.63) is 105 Å². The Morgan fingerprint density at radius 2 is 1.98 bits per heavy atom. The second kappa shape index (κ2) is 10.7. The van der Waals surface area contributed by atoms with Gasteiger partial charge in [-0.2, -0.15) is 0 Å². The number of hydrogen-bond donors (Lipinski definition) is 1. The number of carbonyl (C=O) groups is 2. The molecule has 1 N–H and O–H groups in total. The Hall–Kier alpha value is -3.77. The number of ketones is 1. The van der Waals surface area contributed by atoms with Gasteiger partial charge >= 0.3 is 5.91 Å². The molecule has 0 aliphatic carbocycles. The Morgan fingerprint density at radius 1 is 1.12 bits per heavy atom. The van der Waals surface area contributed by atoms with Gasteiger partial charge < -0.3 is 5.11 Å². The summed E-state index contributed by atoms with van der Waals surface area (Å²) in [5, 5.41) is 21.3. The quantitative estimate of drug-likeness (QED) is 0.0806. The molecule has 6 rings (SSSR count). The molecule has 1 unspecified atom stereocenters. The molecule has 1 aromatic carbocycles. The Morgan fingerprint density at radius 3 is 2.75 bits per heavy atom. The van der Waals surface area contributed by atoms with Crippen LogP contribution in [0.2, 0.25) is 10.0 Å². The van der Waals surface area contributed by atoms with Gasteiger partial charge in [0.1, 0.15) is 11.3 Å². The maximum atomic E-state index is 13.5. The molecule has 5 heterocycles. The third-order valence-electron chi connectivity index (χ3n) is 6.34. The molecule has 1 amide bonds. The molecule has 1 aliphatic heterocycles. The smallest absolute Gasteiger partial charge is 0.301 e.